The van der Waals surface area contributed by atoms with Gasteiger partial charge in [-0.1, -0.05) is 12.1 Å². The second-order valence-corrected chi connectivity index (χ2v) is 5.30. The molecule has 0 aliphatic heterocycles. The molecule has 7 heteroatoms. The van der Waals surface area contributed by atoms with E-state index in [-0.39, 0.29) is 17.8 Å². The standard InChI is InChI=1S/C18H18F2N2O3/c1-3-25-13-6-4-12(5-7-13)8-18(24)22-17-10-16(21-11(2)23)14(19)9-15(17)20/h4-7,9-10H,3,8H2,1-2H3,(H,21,23)(H,22,24). The minimum atomic E-state index is -0.924. The van der Waals surface area contributed by atoms with Crippen LogP contribution in [0.15, 0.2) is 36.4 Å². The normalized spacial score (nSPS) is 10.2. The highest BCUT2D eigenvalue weighted by Crippen LogP contribution is 2.24. The molecule has 0 heterocycles. The predicted octanol–water partition coefficient (Wildman–Crippen LogP) is 3.50. The van der Waals surface area contributed by atoms with E-state index in [1.54, 1.807) is 24.3 Å². The number of rotatable bonds is 6. The van der Waals surface area contributed by atoms with Crippen molar-refractivity contribution in [1.29, 1.82) is 0 Å². The van der Waals surface area contributed by atoms with E-state index >= 15 is 0 Å². The number of benzene rings is 2. The summed E-state index contributed by atoms with van der Waals surface area (Å²) in [7, 11) is 0. The summed E-state index contributed by atoms with van der Waals surface area (Å²) in [5, 5.41) is 4.61. The van der Waals surface area contributed by atoms with Crippen LogP contribution in [0.3, 0.4) is 0 Å². The molecule has 0 aliphatic carbocycles. The fraction of sp³-hybridized carbons (Fsp3) is 0.222. The van der Waals surface area contributed by atoms with Crippen molar-refractivity contribution < 1.29 is 23.1 Å². The summed E-state index contributed by atoms with van der Waals surface area (Å²) >= 11 is 0. The van der Waals surface area contributed by atoms with Crippen LogP contribution in [0.2, 0.25) is 0 Å². The topological polar surface area (TPSA) is 67.4 Å². The summed E-state index contributed by atoms with van der Waals surface area (Å²) in [5.74, 6) is -2.12. The Morgan fingerprint density at radius 1 is 1.00 bits per heavy atom. The first-order valence-corrected chi connectivity index (χ1v) is 7.67. The minimum absolute atomic E-state index is 0.0126. The van der Waals surface area contributed by atoms with Crippen LogP contribution in [-0.4, -0.2) is 18.4 Å². The zero-order valence-electron chi connectivity index (χ0n) is 13.9. The number of halogens is 2. The van der Waals surface area contributed by atoms with E-state index in [0.29, 0.717) is 24.0 Å². The van der Waals surface area contributed by atoms with E-state index in [4.69, 9.17) is 4.74 Å². The Bertz CT molecular complexity index is 777. The maximum atomic E-state index is 13.8. The van der Waals surface area contributed by atoms with Crippen LogP contribution < -0.4 is 15.4 Å². The third-order valence-corrected chi connectivity index (χ3v) is 3.24. The van der Waals surface area contributed by atoms with Crippen molar-refractivity contribution in [3.8, 4) is 5.75 Å². The molecule has 2 aromatic rings. The molecular formula is C18H18F2N2O3. The molecular weight excluding hydrogens is 330 g/mol. The lowest BCUT2D eigenvalue weighted by Crippen LogP contribution is -2.16. The van der Waals surface area contributed by atoms with Gasteiger partial charge < -0.3 is 15.4 Å². The third kappa shape index (κ3) is 5.27. The van der Waals surface area contributed by atoms with Gasteiger partial charge in [0.1, 0.15) is 17.4 Å². The van der Waals surface area contributed by atoms with Crippen molar-refractivity contribution in [1.82, 2.24) is 0 Å². The highest BCUT2D eigenvalue weighted by Gasteiger charge is 2.13. The van der Waals surface area contributed by atoms with Gasteiger partial charge in [-0.2, -0.15) is 0 Å². The number of nitrogens with one attached hydrogen (secondary N) is 2. The van der Waals surface area contributed by atoms with E-state index in [2.05, 4.69) is 10.6 Å². The molecule has 0 aliphatic rings. The molecule has 5 nitrogen and oxygen atoms in total. The van der Waals surface area contributed by atoms with Crippen molar-refractivity contribution in [3.05, 3.63) is 53.6 Å². The van der Waals surface area contributed by atoms with Crippen LogP contribution in [0.25, 0.3) is 0 Å². The lowest BCUT2D eigenvalue weighted by Gasteiger charge is -2.10. The third-order valence-electron chi connectivity index (χ3n) is 3.24. The van der Waals surface area contributed by atoms with E-state index in [1.165, 1.54) is 6.92 Å². The van der Waals surface area contributed by atoms with Gasteiger partial charge in [-0.25, -0.2) is 8.78 Å². The van der Waals surface area contributed by atoms with Crippen molar-refractivity contribution in [3.63, 3.8) is 0 Å². The molecule has 132 valence electrons. The largest absolute Gasteiger partial charge is 0.494 e. The molecule has 0 fully saturated rings. The van der Waals surface area contributed by atoms with E-state index in [9.17, 15) is 18.4 Å². The summed E-state index contributed by atoms with van der Waals surface area (Å²) in [4.78, 5) is 23.1. The number of hydrogen-bond acceptors (Lipinski definition) is 3. The summed E-state index contributed by atoms with van der Waals surface area (Å²) in [6, 6.07) is 8.58. The summed E-state index contributed by atoms with van der Waals surface area (Å²) in [6.07, 6.45) is 0.0126. The van der Waals surface area contributed by atoms with Crippen molar-refractivity contribution >= 4 is 23.2 Å². The Balaban J connectivity index is 2.07. The second-order valence-electron chi connectivity index (χ2n) is 5.30. The summed E-state index contributed by atoms with van der Waals surface area (Å²) in [5.41, 5.74) is 0.303. The van der Waals surface area contributed by atoms with Crippen molar-refractivity contribution in [2.45, 2.75) is 20.3 Å². The summed E-state index contributed by atoms with van der Waals surface area (Å²) < 4.78 is 32.7. The molecule has 0 radical (unpaired) electrons. The number of hydrogen-bond donors (Lipinski definition) is 2. The zero-order chi connectivity index (χ0) is 18.4. The Kier molecular flexibility index (Phi) is 6.05. The quantitative estimate of drug-likeness (QED) is 0.840. The van der Waals surface area contributed by atoms with Gasteiger partial charge in [0.05, 0.1) is 24.4 Å². The van der Waals surface area contributed by atoms with Gasteiger partial charge in [0, 0.05) is 13.0 Å². The molecule has 0 bridgehead atoms. The van der Waals surface area contributed by atoms with Crippen LogP contribution in [0.4, 0.5) is 20.2 Å². The predicted molar refractivity (Wildman–Crippen MR) is 90.6 cm³/mol. The SMILES string of the molecule is CCOc1ccc(CC(=O)Nc2cc(NC(C)=O)c(F)cc2F)cc1. The minimum Gasteiger partial charge on any atom is -0.494 e. The first kappa shape index (κ1) is 18.4. The Labute approximate surface area is 144 Å². The maximum absolute atomic E-state index is 13.8. The number of amides is 2. The smallest absolute Gasteiger partial charge is 0.228 e. The number of anilines is 2. The molecule has 0 saturated heterocycles. The molecule has 0 atom stereocenters. The number of carbonyl (C=O) groups excluding carboxylic acids is 2. The Morgan fingerprint density at radius 2 is 1.60 bits per heavy atom. The van der Waals surface area contributed by atoms with Crippen LogP contribution in [-0.2, 0) is 16.0 Å². The van der Waals surface area contributed by atoms with Gasteiger partial charge in [0.15, 0.2) is 0 Å². The molecule has 2 rings (SSSR count). The van der Waals surface area contributed by atoms with Gasteiger partial charge >= 0.3 is 0 Å². The lowest BCUT2D eigenvalue weighted by molar-refractivity contribution is -0.116. The first-order valence-electron chi connectivity index (χ1n) is 7.67. The average Bonchev–Trinajstić information content (AvgIpc) is 2.53. The van der Waals surface area contributed by atoms with Gasteiger partial charge in [0.25, 0.3) is 0 Å². The number of carbonyl (C=O) groups is 2. The van der Waals surface area contributed by atoms with Crippen LogP contribution in [0.1, 0.15) is 19.4 Å². The maximum Gasteiger partial charge on any atom is 0.228 e. The summed E-state index contributed by atoms with van der Waals surface area (Å²) in [6.45, 7) is 3.61. The monoisotopic (exact) mass is 348 g/mol. The first-order chi connectivity index (χ1) is 11.9. The zero-order valence-corrected chi connectivity index (χ0v) is 13.9. The van der Waals surface area contributed by atoms with Crippen molar-refractivity contribution in [2.75, 3.05) is 17.2 Å². The highest BCUT2D eigenvalue weighted by atomic mass is 19.1. The lowest BCUT2D eigenvalue weighted by atomic mass is 10.1. The van der Waals surface area contributed by atoms with E-state index in [0.717, 1.165) is 6.07 Å². The molecule has 0 unspecified atom stereocenters. The van der Waals surface area contributed by atoms with Gasteiger partial charge in [-0.3, -0.25) is 9.59 Å². The fourth-order valence-electron chi connectivity index (χ4n) is 2.18. The van der Waals surface area contributed by atoms with Crippen LogP contribution in [0, 0.1) is 11.6 Å². The Morgan fingerprint density at radius 3 is 2.16 bits per heavy atom. The molecule has 2 aromatic carbocycles. The van der Waals surface area contributed by atoms with Gasteiger partial charge in [-0.15, -0.1) is 0 Å². The van der Waals surface area contributed by atoms with Crippen LogP contribution in [0.5, 0.6) is 5.75 Å². The Hall–Kier alpha value is -2.96. The molecule has 0 spiro atoms. The molecule has 2 amide bonds. The van der Waals surface area contributed by atoms with Gasteiger partial charge in [0.2, 0.25) is 11.8 Å². The number of ether oxygens (including phenoxy) is 1. The van der Waals surface area contributed by atoms with Crippen molar-refractivity contribution in [2.24, 2.45) is 0 Å². The second kappa shape index (κ2) is 8.23. The van der Waals surface area contributed by atoms with Crippen LogP contribution >= 0.6 is 0 Å². The van der Waals surface area contributed by atoms with E-state index < -0.39 is 23.4 Å². The molecule has 0 aromatic heterocycles. The average molecular weight is 348 g/mol. The molecule has 2 N–H and O–H groups in total. The van der Waals surface area contributed by atoms with Gasteiger partial charge in [-0.05, 0) is 30.7 Å². The highest BCUT2D eigenvalue weighted by molar-refractivity contribution is 5.94. The molecule has 0 saturated carbocycles. The fourth-order valence-corrected chi connectivity index (χ4v) is 2.18. The molecule has 25 heavy (non-hydrogen) atoms. The van der Waals surface area contributed by atoms with E-state index in [1.807, 2.05) is 6.92 Å².